The van der Waals surface area contributed by atoms with E-state index < -0.39 is 0 Å². The van der Waals surface area contributed by atoms with Gasteiger partial charge in [0.25, 0.3) is 0 Å². The lowest BCUT2D eigenvalue weighted by atomic mass is 9.88. The number of carbonyl (C=O) groups is 1. The monoisotopic (exact) mass is 340 g/mol. The molecule has 2 heterocycles. The molecule has 25 heavy (non-hydrogen) atoms. The molecule has 1 aromatic carbocycles. The van der Waals surface area contributed by atoms with Crippen molar-refractivity contribution in [3.05, 3.63) is 29.5 Å². The van der Waals surface area contributed by atoms with Crippen molar-refractivity contribution in [2.75, 3.05) is 13.1 Å². The highest BCUT2D eigenvalue weighted by Crippen LogP contribution is 2.41. The van der Waals surface area contributed by atoms with Crippen LogP contribution in [0.15, 0.2) is 18.3 Å². The molecule has 0 amide bonds. The molecular weight excluding hydrogens is 312 g/mol. The van der Waals surface area contributed by atoms with Crippen LogP contribution in [-0.4, -0.2) is 28.9 Å². The maximum Gasteiger partial charge on any atom is 0.308 e. The summed E-state index contributed by atoms with van der Waals surface area (Å²) in [6, 6.07) is 4.24. The van der Waals surface area contributed by atoms with Crippen molar-refractivity contribution in [3.8, 4) is 5.75 Å². The van der Waals surface area contributed by atoms with Gasteiger partial charge in [-0.3, -0.25) is 9.69 Å². The van der Waals surface area contributed by atoms with Gasteiger partial charge in [-0.1, -0.05) is 19.3 Å². The third-order valence-electron chi connectivity index (χ3n) is 6.03. The van der Waals surface area contributed by atoms with Crippen molar-refractivity contribution >= 4 is 16.9 Å². The Balaban J connectivity index is 1.70. The van der Waals surface area contributed by atoms with Crippen molar-refractivity contribution in [1.82, 2.24) is 9.88 Å². The fourth-order valence-corrected chi connectivity index (χ4v) is 4.75. The highest BCUT2D eigenvalue weighted by atomic mass is 16.5. The molecule has 0 bridgehead atoms. The largest absolute Gasteiger partial charge is 0.426 e. The summed E-state index contributed by atoms with van der Waals surface area (Å²) in [5.41, 5.74) is 3.67. The maximum absolute atomic E-state index is 11.6. The standard InChI is InChI=1S/C21H28N2O2/c1-14-20-19(25-15(2)24)9-8-18-21(20)17(12-22-18)10-11-23(14)13-16-6-4-3-5-7-16/h8-9,12,14,16,22H,3-7,10-11,13H2,1-2H3. The zero-order valence-corrected chi connectivity index (χ0v) is 15.3. The number of H-pyrrole nitrogens is 1. The molecule has 1 aliphatic heterocycles. The van der Waals surface area contributed by atoms with Gasteiger partial charge in [0.1, 0.15) is 5.75 Å². The molecule has 1 aliphatic carbocycles. The van der Waals surface area contributed by atoms with Gasteiger partial charge in [-0.05, 0) is 49.8 Å². The molecule has 0 spiro atoms. The van der Waals surface area contributed by atoms with Crippen LogP contribution in [0.2, 0.25) is 0 Å². The average molecular weight is 340 g/mol. The van der Waals surface area contributed by atoms with Gasteiger partial charge in [0, 0.05) is 48.7 Å². The van der Waals surface area contributed by atoms with E-state index in [1.807, 2.05) is 12.1 Å². The Hall–Kier alpha value is -1.81. The number of hydrogen-bond donors (Lipinski definition) is 1. The lowest BCUT2D eigenvalue weighted by Crippen LogP contribution is -2.34. The second kappa shape index (κ2) is 6.83. The number of carbonyl (C=O) groups excluding carboxylic acids is 1. The van der Waals surface area contributed by atoms with Crippen LogP contribution in [0.1, 0.15) is 63.1 Å². The van der Waals surface area contributed by atoms with Gasteiger partial charge >= 0.3 is 5.97 Å². The van der Waals surface area contributed by atoms with Gasteiger partial charge in [0.05, 0.1) is 0 Å². The van der Waals surface area contributed by atoms with E-state index in [-0.39, 0.29) is 12.0 Å². The third-order valence-corrected chi connectivity index (χ3v) is 6.03. The Kier molecular flexibility index (Phi) is 4.55. The van der Waals surface area contributed by atoms with Gasteiger partial charge in [-0.25, -0.2) is 0 Å². The van der Waals surface area contributed by atoms with Crippen LogP contribution < -0.4 is 4.74 Å². The van der Waals surface area contributed by atoms with Crippen LogP contribution in [0.3, 0.4) is 0 Å². The molecule has 2 aliphatic rings. The minimum Gasteiger partial charge on any atom is -0.426 e. The molecule has 0 saturated heterocycles. The molecular formula is C21H28N2O2. The molecule has 4 nitrogen and oxygen atoms in total. The molecule has 1 unspecified atom stereocenters. The van der Waals surface area contributed by atoms with Crippen LogP contribution in [0.4, 0.5) is 0 Å². The van der Waals surface area contributed by atoms with Crippen LogP contribution in [0.25, 0.3) is 10.9 Å². The Morgan fingerprint density at radius 2 is 2.08 bits per heavy atom. The number of esters is 1. The first-order valence-corrected chi connectivity index (χ1v) is 9.69. The molecule has 1 aromatic heterocycles. The van der Waals surface area contributed by atoms with E-state index >= 15 is 0 Å². The zero-order valence-electron chi connectivity index (χ0n) is 15.3. The molecule has 134 valence electrons. The zero-order chi connectivity index (χ0) is 17.4. The summed E-state index contributed by atoms with van der Waals surface area (Å²) in [5, 5.41) is 1.26. The normalized spacial score (nSPS) is 22.1. The van der Waals surface area contributed by atoms with E-state index in [9.17, 15) is 4.79 Å². The van der Waals surface area contributed by atoms with Crippen LogP contribution in [0.5, 0.6) is 5.75 Å². The smallest absolute Gasteiger partial charge is 0.308 e. The molecule has 1 N–H and O–H groups in total. The summed E-state index contributed by atoms with van der Waals surface area (Å²) in [6.07, 6.45) is 10.0. The number of aromatic nitrogens is 1. The van der Waals surface area contributed by atoms with Crippen molar-refractivity contribution in [3.63, 3.8) is 0 Å². The Bertz CT molecular complexity index is 774. The highest BCUT2D eigenvalue weighted by molar-refractivity contribution is 5.90. The Labute approximate surface area is 149 Å². The van der Waals surface area contributed by atoms with Crippen molar-refractivity contribution in [1.29, 1.82) is 0 Å². The summed E-state index contributed by atoms with van der Waals surface area (Å²) in [4.78, 5) is 17.6. The summed E-state index contributed by atoms with van der Waals surface area (Å²) >= 11 is 0. The fraction of sp³-hybridized carbons (Fsp3) is 0.571. The highest BCUT2D eigenvalue weighted by Gasteiger charge is 2.29. The van der Waals surface area contributed by atoms with E-state index in [0.717, 1.165) is 36.7 Å². The number of benzene rings is 1. The van der Waals surface area contributed by atoms with Gasteiger partial charge < -0.3 is 9.72 Å². The van der Waals surface area contributed by atoms with Crippen LogP contribution in [-0.2, 0) is 11.2 Å². The second-order valence-corrected chi connectivity index (χ2v) is 7.73. The number of nitrogens with zero attached hydrogens (tertiary/aromatic N) is 1. The first kappa shape index (κ1) is 16.6. The minimum atomic E-state index is -0.247. The predicted molar refractivity (Wildman–Crippen MR) is 99.9 cm³/mol. The quantitative estimate of drug-likeness (QED) is 0.656. The minimum absolute atomic E-state index is 0.247. The van der Waals surface area contributed by atoms with E-state index in [2.05, 4.69) is 23.0 Å². The number of aromatic amines is 1. The van der Waals surface area contributed by atoms with Gasteiger partial charge in [-0.2, -0.15) is 0 Å². The van der Waals surface area contributed by atoms with E-state index in [1.165, 1.54) is 55.5 Å². The van der Waals surface area contributed by atoms with E-state index in [0.29, 0.717) is 0 Å². The summed E-state index contributed by atoms with van der Waals surface area (Å²) < 4.78 is 5.59. The number of hydrogen-bond acceptors (Lipinski definition) is 3. The van der Waals surface area contributed by atoms with Crippen LogP contribution >= 0.6 is 0 Å². The molecule has 0 radical (unpaired) electrons. The number of nitrogens with one attached hydrogen (secondary N) is 1. The maximum atomic E-state index is 11.6. The van der Waals surface area contributed by atoms with Crippen LogP contribution in [0, 0.1) is 5.92 Å². The topological polar surface area (TPSA) is 45.3 Å². The first-order chi connectivity index (χ1) is 12.1. The SMILES string of the molecule is CC(=O)Oc1ccc2[nH]cc3c2c1C(C)N(CC1CCCCC1)CC3. The molecule has 4 rings (SSSR count). The molecule has 1 atom stereocenters. The number of ether oxygens (including phenoxy) is 1. The number of rotatable bonds is 3. The van der Waals surface area contributed by atoms with E-state index in [1.54, 1.807) is 0 Å². The third kappa shape index (κ3) is 3.20. The lowest BCUT2D eigenvalue weighted by Gasteiger charge is -2.33. The summed E-state index contributed by atoms with van der Waals surface area (Å²) in [5.74, 6) is 1.29. The first-order valence-electron chi connectivity index (χ1n) is 9.69. The molecule has 4 heteroatoms. The van der Waals surface area contributed by atoms with E-state index in [4.69, 9.17) is 4.74 Å². The molecule has 1 saturated carbocycles. The van der Waals surface area contributed by atoms with Gasteiger partial charge in [0.15, 0.2) is 0 Å². The van der Waals surface area contributed by atoms with Crippen molar-refractivity contribution in [2.24, 2.45) is 5.92 Å². The van der Waals surface area contributed by atoms with Gasteiger partial charge in [0.2, 0.25) is 0 Å². The van der Waals surface area contributed by atoms with Crippen molar-refractivity contribution < 1.29 is 9.53 Å². The Morgan fingerprint density at radius 3 is 2.84 bits per heavy atom. The van der Waals surface area contributed by atoms with Crippen molar-refractivity contribution in [2.45, 2.75) is 58.4 Å². The summed E-state index contributed by atoms with van der Waals surface area (Å²) in [7, 11) is 0. The molecule has 2 aromatic rings. The van der Waals surface area contributed by atoms with Gasteiger partial charge in [-0.15, -0.1) is 0 Å². The molecule has 1 fully saturated rings. The fourth-order valence-electron chi connectivity index (χ4n) is 4.75. The average Bonchev–Trinajstić information content (AvgIpc) is 2.95. The second-order valence-electron chi connectivity index (χ2n) is 7.73. The Morgan fingerprint density at radius 1 is 1.28 bits per heavy atom. The predicted octanol–water partition coefficient (Wildman–Crippen LogP) is 4.59. The lowest BCUT2D eigenvalue weighted by molar-refractivity contribution is -0.131. The summed E-state index contributed by atoms with van der Waals surface area (Å²) in [6.45, 7) is 5.98.